The van der Waals surface area contributed by atoms with Crippen LogP contribution >= 0.6 is 11.3 Å². The van der Waals surface area contributed by atoms with E-state index in [-0.39, 0.29) is 22.0 Å². The van der Waals surface area contributed by atoms with E-state index in [1.807, 2.05) is 20.8 Å². The molecule has 0 amide bonds. The molecule has 2 aromatic rings. The molecule has 4 nitrogen and oxygen atoms in total. The molecule has 0 atom stereocenters. The lowest BCUT2D eigenvalue weighted by Gasteiger charge is -2.20. The first-order valence-electron chi connectivity index (χ1n) is 6.25. The molecule has 2 rings (SSSR count). The number of hydrogen-bond acceptors (Lipinski definition) is 5. The molecule has 0 fully saturated rings. The second kappa shape index (κ2) is 5.69. The van der Waals surface area contributed by atoms with Crippen molar-refractivity contribution in [3.63, 3.8) is 0 Å². The Morgan fingerprint density at radius 1 is 1.19 bits per heavy atom. The van der Waals surface area contributed by atoms with Crippen LogP contribution in [0.4, 0.5) is 13.2 Å². The minimum Gasteiger partial charge on any atom is -0.307 e. The third kappa shape index (κ3) is 4.21. The van der Waals surface area contributed by atoms with E-state index in [0.29, 0.717) is 5.69 Å². The van der Waals surface area contributed by atoms with Crippen LogP contribution in [0, 0.1) is 0 Å². The van der Waals surface area contributed by atoms with Gasteiger partial charge in [-0.2, -0.15) is 13.2 Å². The fourth-order valence-electron chi connectivity index (χ4n) is 1.56. The first kappa shape index (κ1) is 15.8. The van der Waals surface area contributed by atoms with Crippen molar-refractivity contribution < 1.29 is 13.2 Å². The maximum absolute atomic E-state index is 13.1. The zero-order chi connectivity index (χ0) is 15.7. The highest BCUT2D eigenvalue weighted by Gasteiger charge is 2.37. The molecule has 21 heavy (non-hydrogen) atoms. The predicted octanol–water partition coefficient (Wildman–Crippen LogP) is 3.51. The molecular weight excluding hydrogens is 301 g/mol. The van der Waals surface area contributed by atoms with Gasteiger partial charge in [-0.15, -0.1) is 11.3 Å². The van der Waals surface area contributed by atoms with E-state index in [4.69, 9.17) is 0 Å². The smallest absolute Gasteiger partial charge is 0.307 e. The first-order valence-corrected chi connectivity index (χ1v) is 7.07. The van der Waals surface area contributed by atoms with Gasteiger partial charge in [-0.25, -0.2) is 4.98 Å². The van der Waals surface area contributed by atoms with Gasteiger partial charge in [-0.3, -0.25) is 9.97 Å². The van der Waals surface area contributed by atoms with E-state index >= 15 is 0 Å². The van der Waals surface area contributed by atoms with E-state index in [0.717, 1.165) is 11.3 Å². The highest BCUT2D eigenvalue weighted by molar-refractivity contribution is 7.15. The van der Waals surface area contributed by atoms with Crippen molar-refractivity contribution in [2.45, 2.75) is 39.0 Å². The number of aromatic nitrogens is 3. The summed E-state index contributed by atoms with van der Waals surface area (Å²) in [5, 5.41) is 3.27. The number of thiazole rings is 1. The van der Waals surface area contributed by atoms with Gasteiger partial charge in [0.1, 0.15) is 10.7 Å². The highest BCUT2D eigenvalue weighted by Crippen LogP contribution is 2.37. The van der Waals surface area contributed by atoms with E-state index in [1.54, 1.807) is 0 Å². The van der Waals surface area contributed by atoms with Gasteiger partial charge in [0.25, 0.3) is 0 Å². The normalized spacial score (nSPS) is 12.7. The van der Waals surface area contributed by atoms with Crippen LogP contribution in [0.3, 0.4) is 0 Å². The van der Waals surface area contributed by atoms with Crippen LogP contribution in [-0.4, -0.2) is 20.5 Å². The zero-order valence-corrected chi connectivity index (χ0v) is 12.6. The molecular formula is C13H15F3N4S. The molecule has 0 aliphatic carbocycles. The lowest BCUT2D eigenvalue weighted by molar-refractivity contribution is -0.141. The van der Waals surface area contributed by atoms with Gasteiger partial charge in [0.15, 0.2) is 5.69 Å². The quantitative estimate of drug-likeness (QED) is 0.941. The van der Waals surface area contributed by atoms with Gasteiger partial charge in [-0.05, 0) is 20.8 Å². The molecule has 0 saturated heterocycles. The summed E-state index contributed by atoms with van der Waals surface area (Å²) < 4.78 is 39.2. The highest BCUT2D eigenvalue weighted by atomic mass is 32.1. The van der Waals surface area contributed by atoms with Crippen molar-refractivity contribution in [2.75, 3.05) is 0 Å². The standard InChI is InChI=1S/C13H15F3N4S/c1-12(2,3)19-7-9-10(13(14,15)16)20-11(21-9)8-6-17-4-5-18-8/h4-6,19H,7H2,1-3H3. The molecule has 0 aliphatic heterocycles. The van der Waals surface area contributed by atoms with Crippen LogP contribution in [-0.2, 0) is 12.7 Å². The van der Waals surface area contributed by atoms with E-state index in [9.17, 15) is 13.2 Å². The SMILES string of the molecule is CC(C)(C)NCc1sc(-c2cnccn2)nc1C(F)(F)F. The molecule has 0 bridgehead atoms. The van der Waals surface area contributed by atoms with Gasteiger partial charge < -0.3 is 5.32 Å². The van der Waals surface area contributed by atoms with Crippen molar-refractivity contribution in [3.05, 3.63) is 29.2 Å². The second-order valence-corrected chi connectivity index (χ2v) is 6.57. The lowest BCUT2D eigenvalue weighted by Crippen LogP contribution is -2.35. The van der Waals surface area contributed by atoms with Crippen molar-refractivity contribution in [1.82, 2.24) is 20.3 Å². The summed E-state index contributed by atoms with van der Waals surface area (Å²) in [5.41, 5.74) is -0.792. The van der Waals surface area contributed by atoms with Gasteiger partial charge in [0.05, 0.1) is 11.1 Å². The Labute approximate surface area is 124 Å². The van der Waals surface area contributed by atoms with Crippen molar-refractivity contribution in [2.24, 2.45) is 0 Å². The van der Waals surface area contributed by atoms with E-state index in [2.05, 4.69) is 20.3 Å². The Kier molecular flexibility index (Phi) is 4.29. The molecule has 1 N–H and O–H groups in total. The third-order valence-corrected chi connectivity index (χ3v) is 3.61. The summed E-state index contributed by atoms with van der Waals surface area (Å²) >= 11 is 0.984. The van der Waals surface area contributed by atoms with E-state index < -0.39 is 11.9 Å². The lowest BCUT2D eigenvalue weighted by atomic mass is 10.1. The minimum absolute atomic E-state index is 0.107. The van der Waals surface area contributed by atoms with Crippen LogP contribution in [0.25, 0.3) is 10.7 Å². The van der Waals surface area contributed by atoms with Crippen LogP contribution in [0.2, 0.25) is 0 Å². The van der Waals surface area contributed by atoms with Gasteiger partial charge in [0.2, 0.25) is 0 Å². The number of nitrogens with zero attached hydrogens (tertiary/aromatic N) is 3. The maximum atomic E-state index is 13.1. The number of nitrogens with one attached hydrogen (secondary N) is 1. The second-order valence-electron chi connectivity index (χ2n) is 5.48. The topological polar surface area (TPSA) is 50.7 Å². The van der Waals surface area contributed by atoms with Gasteiger partial charge in [-0.1, -0.05) is 0 Å². The first-order chi connectivity index (χ1) is 9.67. The summed E-state index contributed by atoms with van der Waals surface area (Å²) in [6, 6.07) is 0. The van der Waals surface area contributed by atoms with Crippen molar-refractivity contribution in [1.29, 1.82) is 0 Å². The monoisotopic (exact) mass is 316 g/mol. The van der Waals surface area contributed by atoms with Crippen LogP contribution in [0.1, 0.15) is 31.3 Å². The summed E-state index contributed by atoms with van der Waals surface area (Å²) in [4.78, 5) is 11.7. The number of hydrogen-bond donors (Lipinski definition) is 1. The van der Waals surface area contributed by atoms with Crippen molar-refractivity contribution in [3.8, 4) is 10.7 Å². The molecule has 0 radical (unpaired) electrons. The average Bonchev–Trinajstić information content (AvgIpc) is 2.81. The minimum atomic E-state index is -4.48. The van der Waals surface area contributed by atoms with Crippen molar-refractivity contribution >= 4 is 11.3 Å². The Morgan fingerprint density at radius 2 is 1.90 bits per heavy atom. The van der Waals surface area contributed by atoms with Gasteiger partial charge >= 0.3 is 6.18 Å². The zero-order valence-electron chi connectivity index (χ0n) is 11.8. The number of alkyl halides is 3. The molecule has 2 heterocycles. The summed E-state index contributed by atoms with van der Waals surface area (Å²) in [5.74, 6) is 0. The molecule has 0 aliphatic rings. The number of rotatable bonds is 3. The summed E-state index contributed by atoms with van der Waals surface area (Å²) in [6.07, 6.45) is -0.188. The largest absolute Gasteiger partial charge is 0.434 e. The Morgan fingerprint density at radius 3 is 2.43 bits per heavy atom. The molecule has 0 unspecified atom stereocenters. The molecule has 2 aromatic heterocycles. The van der Waals surface area contributed by atoms with Crippen LogP contribution < -0.4 is 5.32 Å². The summed E-state index contributed by atoms with van der Waals surface area (Å²) in [6.45, 7) is 5.79. The van der Waals surface area contributed by atoms with Crippen LogP contribution in [0.5, 0.6) is 0 Å². The maximum Gasteiger partial charge on any atom is 0.434 e. The van der Waals surface area contributed by atoms with E-state index in [1.165, 1.54) is 18.6 Å². The Bertz CT molecular complexity index is 602. The third-order valence-electron chi connectivity index (χ3n) is 2.53. The fourth-order valence-corrected chi connectivity index (χ4v) is 2.54. The molecule has 0 spiro atoms. The average molecular weight is 316 g/mol. The van der Waals surface area contributed by atoms with Gasteiger partial charge in [0, 0.05) is 24.5 Å². The summed E-state index contributed by atoms with van der Waals surface area (Å²) in [7, 11) is 0. The Hall–Kier alpha value is -1.54. The predicted molar refractivity (Wildman–Crippen MR) is 74.7 cm³/mol. The number of halogens is 3. The Balaban J connectivity index is 2.36. The molecule has 114 valence electrons. The van der Waals surface area contributed by atoms with Crippen LogP contribution in [0.15, 0.2) is 18.6 Å². The fraction of sp³-hybridized carbons (Fsp3) is 0.462. The molecule has 8 heteroatoms. The molecule has 0 saturated carbocycles. The molecule has 0 aromatic carbocycles.